The Morgan fingerprint density at radius 3 is 2.55 bits per heavy atom. The Balaban J connectivity index is 1.64. The number of fused-ring (bicyclic) bond motifs is 1. The van der Waals surface area contributed by atoms with Gasteiger partial charge in [-0.3, -0.25) is 14.2 Å². The fraction of sp³-hybridized carbons (Fsp3) is 0.174. The SMILES string of the molecule is COc1cc(NC(=O)CSc2nc3ccsc3c(=O)n2-c2ccc(F)cc2C)cc(OC)c1. The predicted octanol–water partition coefficient (Wildman–Crippen LogP) is 4.64. The van der Waals surface area contributed by atoms with Crippen LogP contribution in [0.5, 0.6) is 11.5 Å². The Kier molecular flexibility index (Phi) is 6.66. The van der Waals surface area contributed by atoms with Crippen LogP contribution in [0, 0.1) is 12.7 Å². The molecule has 0 atom stereocenters. The fourth-order valence-corrected chi connectivity index (χ4v) is 4.84. The quantitative estimate of drug-likeness (QED) is 0.303. The van der Waals surface area contributed by atoms with Gasteiger partial charge in [-0.15, -0.1) is 11.3 Å². The number of aromatic nitrogens is 2. The Bertz CT molecular complexity index is 1380. The molecule has 2 heterocycles. The van der Waals surface area contributed by atoms with E-state index in [0.717, 1.165) is 11.8 Å². The lowest BCUT2D eigenvalue weighted by atomic mass is 10.2. The molecule has 170 valence electrons. The summed E-state index contributed by atoms with van der Waals surface area (Å²) in [6.07, 6.45) is 0. The van der Waals surface area contributed by atoms with Crippen LogP contribution in [0.2, 0.25) is 0 Å². The Morgan fingerprint density at radius 2 is 1.88 bits per heavy atom. The Morgan fingerprint density at radius 1 is 1.15 bits per heavy atom. The van der Waals surface area contributed by atoms with Gasteiger partial charge in [-0.25, -0.2) is 9.37 Å². The number of nitrogens with zero attached hydrogens (tertiary/aromatic N) is 2. The van der Waals surface area contributed by atoms with Gasteiger partial charge in [0.15, 0.2) is 5.16 Å². The summed E-state index contributed by atoms with van der Waals surface area (Å²) in [7, 11) is 3.05. The summed E-state index contributed by atoms with van der Waals surface area (Å²) in [5.74, 6) is 0.404. The van der Waals surface area contributed by atoms with Crippen molar-refractivity contribution in [2.45, 2.75) is 12.1 Å². The maximum Gasteiger partial charge on any atom is 0.276 e. The van der Waals surface area contributed by atoms with Crippen molar-refractivity contribution in [2.24, 2.45) is 0 Å². The highest BCUT2D eigenvalue weighted by Crippen LogP contribution is 2.28. The van der Waals surface area contributed by atoms with Gasteiger partial charge in [-0.05, 0) is 42.1 Å². The first kappa shape index (κ1) is 22.8. The fourth-order valence-electron chi connectivity index (χ4n) is 3.28. The first-order valence-electron chi connectivity index (χ1n) is 9.82. The summed E-state index contributed by atoms with van der Waals surface area (Å²) in [5.41, 5.74) is 1.92. The van der Waals surface area contributed by atoms with Gasteiger partial charge in [0.1, 0.15) is 22.0 Å². The van der Waals surface area contributed by atoms with Crippen LogP contribution < -0.4 is 20.3 Å². The van der Waals surface area contributed by atoms with E-state index < -0.39 is 5.82 Å². The number of ether oxygens (including phenoxy) is 2. The lowest BCUT2D eigenvalue weighted by Crippen LogP contribution is -2.23. The van der Waals surface area contributed by atoms with Gasteiger partial charge in [0.2, 0.25) is 5.91 Å². The summed E-state index contributed by atoms with van der Waals surface area (Å²) in [4.78, 5) is 30.5. The van der Waals surface area contributed by atoms with Crippen LogP contribution in [0.15, 0.2) is 57.8 Å². The topological polar surface area (TPSA) is 82.5 Å². The monoisotopic (exact) mass is 485 g/mol. The molecule has 0 aliphatic heterocycles. The molecule has 0 spiro atoms. The second-order valence-corrected chi connectivity index (χ2v) is 8.90. The molecule has 4 aromatic rings. The van der Waals surface area contributed by atoms with Crippen LogP contribution in [0.4, 0.5) is 10.1 Å². The van der Waals surface area contributed by atoms with E-state index in [1.807, 2.05) is 0 Å². The number of hydrogen-bond acceptors (Lipinski definition) is 7. The second kappa shape index (κ2) is 9.63. The second-order valence-electron chi connectivity index (χ2n) is 7.04. The molecule has 4 rings (SSSR count). The minimum Gasteiger partial charge on any atom is -0.497 e. The largest absolute Gasteiger partial charge is 0.497 e. The molecule has 2 aromatic heterocycles. The van der Waals surface area contributed by atoms with Gasteiger partial charge in [0.25, 0.3) is 5.56 Å². The summed E-state index contributed by atoms with van der Waals surface area (Å²) in [5, 5.41) is 4.94. The number of amides is 1. The van der Waals surface area contributed by atoms with Gasteiger partial charge in [-0.2, -0.15) is 0 Å². The van der Waals surface area contributed by atoms with E-state index in [1.54, 1.807) is 42.6 Å². The van der Waals surface area contributed by atoms with Crippen LogP contribution in [0.3, 0.4) is 0 Å². The highest BCUT2D eigenvalue weighted by molar-refractivity contribution is 7.99. The number of thiophene rings is 1. The molecule has 0 unspecified atom stereocenters. The predicted molar refractivity (Wildman–Crippen MR) is 129 cm³/mol. The van der Waals surface area contributed by atoms with E-state index in [9.17, 15) is 14.0 Å². The zero-order valence-corrected chi connectivity index (χ0v) is 19.7. The highest BCUT2D eigenvalue weighted by atomic mass is 32.2. The maximum absolute atomic E-state index is 13.7. The summed E-state index contributed by atoms with van der Waals surface area (Å²) in [6, 6.07) is 11.0. The summed E-state index contributed by atoms with van der Waals surface area (Å²) in [6.45, 7) is 1.72. The lowest BCUT2D eigenvalue weighted by Gasteiger charge is -2.14. The Labute approximate surface area is 197 Å². The molecule has 0 aliphatic carbocycles. The molecular weight excluding hydrogens is 465 g/mol. The number of anilines is 1. The Hall–Kier alpha value is -3.37. The number of methoxy groups -OCH3 is 2. The number of thioether (sulfide) groups is 1. The molecule has 0 saturated heterocycles. The highest BCUT2D eigenvalue weighted by Gasteiger charge is 2.17. The molecular formula is C23H20FN3O4S2. The number of carbonyl (C=O) groups is 1. The van der Waals surface area contributed by atoms with E-state index in [2.05, 4.69) is 10.3 Å². The number of rotatable bonds is 7. The molecule has 0 bridgehead atoms. The van der Waals surface area contributed by atoms with Crippen molar-refractivity contribution >= 4 is 44.9 Å². The van der Waals surface area contributed by atoms with Crippen molar-refractivity contribution in [3.8, 4) is 17.2 Å². The molecule has 0 saturated carbocycles. The number of benzene rings is 2. The number of aryl methyl sites for hydroxylation is 1. The molecule has 0 fully saturated rings. The molecule has 10 heteroatoms. The van der Waals surface area contributed by atoms with Crippen molar-refractivity contribution in [1.29, 1.82) is 0 Å². The van der Waals surface area contributed by atoms with Gasteiger partial charge in [0, 0.05) is 23.9 Å². The first-order valence-corrected chi connectivity index (χ1v) is 11.7. The van der Waals surface area contributed by atoms with Crippen molar-refractivity contribution < 1.29 is 18.7 Å². The molecule has 33 heavy (non-hydrogen) atoms. The van der Waals surface area contributed by atoms with E-state index in [4.69, 9.17) is 9.47 Å². The van der Waals surface area contributed by atoms with Crippen molar-refractivity contribution in [3.05, 3.63) is 69.6 Å². The van der Waals surface area contributed by atoms with E-state index >= 15 is 0 Å². The van der Waals surface area contributed by atoms with Crippen LogP contribution in [-0.4, -0.2) is 35.4 Å². The summed E-state index contributed by atoms with van der Waals surface area (Å²) >= 11 is 2.41. The average molecular weight is 486 g/mol. The molecule has 2 aromatic carbocycles. The third kappa shape index (κ3) is 4.86. The minimum absolute atomic E-state index is 0.00184. The molecule has 1 amide bonds. The van der Waals surface area contributed by atoms with Crippen LogP contribution in [0.25, 0.3) is 15.9 Å². The van der Waals surface area contributed by atoms with Crippen molar-refractivity contribution in [2.75, 3.05) is 25.3 Å². The smallest absolute Gasteiger partial charge is 0.276 e. The van der Waals surface area contributed by atoms with E-state index in [1.165, 1.54) is 42.3 Å². The molecule has 1 N–H and O–H groups in total. The van der Waals surface area contributed by atoms with Gasteiger partial charge < -0.3 is 14.8 Å². The summed E-state index contributed by atoms with van der Waals surface area (Å²) < 4.78 is 26.0. The number of carbonyl (C=O) groups excluding carboxylic acids is 1. The van der Waals surface area contributed by atoms with Crippen LogP contribution >= 0.6 is 23.1 Å². The molecule has 0 radical (unpaired) electrons. The maximum atomic E-state index is 13.7. The third-order valence-electron chi connectivity index (χ3n) is 4.82. The van der Waals surface area contributed by atoms with Crippen LogP contribution in [-0.2, 0) is 4.79 Å². The van der Waals surface area contributed by atoms with E-state index in [-0.39, 0.29) is 17.2 Å². The molecule has 7 nitrogen and oxygen atoms in total. The molecule has 0 aliphatic rings. The number of nitrogens with one attached hydrogen (secondary N) is 1. The standard InChI is InChI=1S/C23H20FN3O4S2/c1-13-8-14(24)4-5-19(13)27-22(29)21-18(6-7-32-21)26-23(27)33-12-20(28)25-15-9-16(30-2)11-17(10-15)31-3/h4-11H,12H2,1-3H3,(H,25,28). The normalized spacial score (nSPS) is 10.9. The zero-order valence-electron chi connectivity index (χ0n) is 18.0. The van der Waals surface area contributed by atoms with Gasteiger partial charge in [-0.1, -0.05) is 11.8 Å². The van der Waals surface area contributed by atoms with Crippen molar-refractivity contribution in [1.82, 2.24) is 9.55 Å². The van der Waals surface area contributed by atoms with Gasteiger partial charge >= 0.3 is 0 Å². The minimum atomic E-state index is -0.392. The first-order chi connectivity index (χ1) is 15.9. The lowest BCUT2D eigenvalue weighted by molar-refractivity contribution is -0.113. The number of halogens is 1. The average Bonchev–Trinajstić information content (AvgIpc) is 3.27. The van der Waals surface area contributed by atoms with Crippen LogP contribution in [0.1, 0.15) is 5.56 Å². The van der Waals surface area contributed by atoms with Crippen molar-refractivity contribution in [3.63, 3.8) is 0 Å². The zero-order chi connectivity index (χ0) is 23.5. The van der Waals surface area contributed by atoms with Gasteiger partial charge in [0.05, 0.1) is 31.2 Å². The van der Waals surface area contributed by atoms with E-state index in [0.29, 0.717) is 43.8 Å². The number of hydrogen-bond donors (Lipinski definition) is 1. The third-order valence-corrected chi connectivity index (χ3v) is 6.65.